The van der Waals surface area contributed by atoms with Crippen LogP contribution in [0.15, 0.2) is 54.7 Å². The van der Waals surface area contributed by atoms with Gasteiger partial charge in [0.05, 0.1) is 5.02 Å². The van der Waals surface area contributed by atoms with Crippen LogP contribution in [0.25, 0.3) is 6.08 Å². The van der Waals surface area contributed by atoms with Gasteiger partial charge in [-0.05, 0) is 35.9 Å². The first-order valence-corrected chi connectivity index (χ1v) is 11.2. The monoisotopic (exact) mass is 503 g/mol. The number of nitrogens with two attached hydrogens (primary N) is 1. The Labute approximate surface area is 206 Å². The Bertz CT molecular complexity index is 1180. The lowest BCUT2D eigenvalue weighted by atomic mass is 10.1. The van der Waals surface area contributed by atoms with E-state index < -0.39 is 5.91 Å². The van der Waals surface area contributed by atoms with E-state index in [0.717, 1.165) is 12.1 Å². The third-order valence-electron chi connectivity index (χ3n) is 4.95. The first-order valence-electron chi connectivity index (χ1n) is 10.1. The number of rotatable bonds is 7. The number of pyridine rings is 2. The second-order valence-corrected chi connectivity index (χ2v) is 8.67. The number of amides is 1. The van der Waals surface area contributed by atoms with Crippen LogP contribution in [0.3, 0.4) is 0 Å². The van der Waals surface area contributed by atoms with E-state index in [1.165, 1.54) is 18.3 Å². The number of aromatic nitrogens is 2. The molecule has 10 heteroatoms. The standard InChI is InChI=1S/C23H20Cl3N5O2/c24-16-5-3-14(4-6-16)2-1-9-31-12-17(13-31)33-23-19(11-18(25)21(27)30-23)29-22(32)15-7-8-28-20(26)10-15/h1-8,10-11,17H,9,12-13H2,(H2,27,30)(H,29,32). The lowest BCUT2D eigenvalue weighted by Gasteiger charge is -2.38. The summed E-state index contributed by atoms with van der Waals surface area (Å²) in [4.78, 5) is 22.9. The fraction of sp³-hybridized carbons (Fsp3) is 0.174. The number of likely N-dealkylation sites (tertiary alicyclic amines) is 1. The molecule has 0 bridgehead atoms. The van der Waals surface area contributed by atoms with Crippen molar-refractivity contribution in [2.45, 2.75) is 6.10 Å². The second-order valence-electron chi connectivity index (χ2n) is 7.44. The highest BCUT2D eigenvalue weighted by atomic mass is 35.5. The molecule has 0 radical (unpaired) electrons. The largest absolute Gasteiger partial charge is 0.470 e. The molecule has 1 saturated heterocycles. The van der Waals surface area contributed by atoms with Gasteiger partial charge in [0.2, 0.25) is 5.88 Å². The summed E-state index contributed by atoms with van der Waals surface area (Å²) < 4.78 is 6.00. The molecule has 0 unspecified atom stereocenters. The molecule has 3 heterocycles. The molecule has 1 aliphatic heterocycles. The lowest BCUT2D eigenvalue weighted by molar-refractivity contribution is 0.0259. The van der Waals surface area contributed by atoms with E-state index in [0.29, 0.717) is 29.4 Å². The van der Waals surface area contributed by atoms with E-state index in [-0.39, 0.29) is 28.0 Å². The first-order chi connectivity index (χ1) is 15.9. The van der Waals surface area contributed by atoms with Gasteiger partial charge in [-0.1, -0.05) is 59.1 Å². The number of anilines is 2. The highest BCUT2D eigenvalue weighted by Crippen LogP contribution is 2.32. The molecule has 0 atom stereocenters. The smallest absolute Gasteiger partial charge is 0.255 e. The van der Waals surface area contributed by atoms with Gasteiger partial charge in [0.25, 0.3) is 5.91 Å². The third-order valence-corrected chi connectivity index (χ3v) is 5.71. The molecule has 7 nitrogen and oxygen atoms in total. The molecular formula is C23H20Cl3N5O2. The average Bonchev–Trinajstić information content (AvgIpc) is 2.76. The van der Waals surface area contributed by atoms with Crippen molar-refractivity contribution in [1.29, 1.82) is 0 Å². The fourth-order valence-corrected chi connectivity index (χ4v) is 3.67. The Hall–Kier alpha value is -2.84. The number of halogens is 3. The van der Waals surface area contributed by atoms with E-state index >= 15 is 0 Å². The highest BCUT2D eigenvalue weighted by Gasteiger charge is 2.29. The fourth-order valence-electron chi connectivity index (χ4n) is 3.22. The summed E-state index contributed by atoms with van der Waals surface area (Å²) in [7, 11) is 0. The minimum atomic E-state index is -0.394. The van der Waals surface area contributed by atoms with Crippen LogP contribution in [-0.2, 0) is 0 Å². The number of nitrogens with one attached hydrogen (secondary N) is 1. The van der Waals surface area contributed by atoms with Crippen molar-refractivity contribution in [3.8, 4) is 5.88 Å². The quantitative estimate of drug-likeness (QED) is 0.438. The van der Waals surface area contributed by atoms with Crippen LogP contribution < -0.4 is 15.8 Å². The van der Waals surface area contributed by atoms with E-state index in [9.17, 15) is 4.79 Å². The molecule has 1 amide bonds. The normalized spacial score (nSPS) is 14.3. The van der Waals surface area contributed by atoms with Crippen molar-refractivity contribution in [2.24, 2.45) is 0 Å². The van der Waals surface area contributed by atoms with Gasteiger partial charge in [0, 0.05) is 36.4 Å². The molecule has 0 aliphatic carbocycles. The van der Waals surface area contributed by atoms with Crippen molar-refractivity contribution in [2.75, 3.05) is 30.7 Å². The maximum Gasteiger partial charge on any atom is 0.255 e. The molecule has 1 aliphatic rings. The summed E-state index contributed by atoms with van der Waals surface area (Å²) in [6.07, 6.45) is 5.50. The molecule has 0 spiro atoms. The van der Waals surface area contributed by atoms with Gasteiger partial charge in [-0.2, -0.15) is 4.98 Å². The molecule has 33 heavy (non-hydrogen) atoms. The van der Waals surface area contributed by atoms with Crippen molar-refractivity contribution in [3.05, 3.63) is 81.1 Å². The molecule has 4 rings (SSSR count). The average molecular weight is 505 g/mol. The lowest BCUT2D eigenvalue weighted by Crippen LogP contribution is -2.53. The first kappa shape index (κ1) is 23.3. The Balaban J connectivity index is 1.36. The van der Waals surface area contributed by atoms with Gasteiger partial charge in [0.15, 0.2) is 0 Å². The maximum absolute atomic E-state index is 12.6. The zero-order valence-electron chi connectivity index (χ0n) is 17.3. The third kappa shape index (κ3) is 6.15. The minimum absolute atomic E-state index is 0.0898. The topological polar surface area (TPSA) is 93.4 Å². The van der Waals surface area contributed by atoms with Crippen molar-refractivity contribution >= 4 is 58.3 Å². The van der Waals surface area contributed by atoms with E-state index in [4.69, 9.17) is 45.3 Å². The van der Waals surface area contributed by atoms with Crippen molar-refractivity contribution in [1.82, 2.24) is 14.9 Å². The molecule has 170 valence electrons. The van der Waals surface area contributed by atoms with Gasteiger partial charge in [-0.3, -0.25) is 9.69 Å². The number of nitrogens with zero attached hydrogens (tertiary/aromatic N) is 3. The highest BCUT2D eigenvalue weighted by molar-refractivity contribution is 6.33. The van der Waals surface area contributed by atoms with Crippen LogP contribution in [-0.4, -0.2) is 46.5 Å². The van der Waals surface area contributed by atoms with Crippen LogP contribution in [0.5, 0.6) is 5.88 Å². The summed E-state index contributed by atoms with van der Waals surface area (Å²) >= 11 is 17.9. The Kier molecular flexibility index (Phi) is 7.35. The number of ether oxygens (including phenoxy) is 1. The molecule has 0 saturated carbocycles. The van der Waals surface area contributed by atoms with Gasteiger partial charge in [0.1, 0.15) is 22.8 Å². The molecule has 1 fully saturated rings. The van der Waals surface area contributed by atoms with Crippen molar-refractivity contribution in [3.63, 3.8) is 0 Å². The Morgan fingerprint density at radius 2 is 1.94 bits per heavy atom. The van der Waals surface area contributed by atoms with Gasteiger partial charge >= 0.3 is 0 Å². The van der Waals surface area contributed by atoms with Gasteiger partial charge in [-0.15, -0.1) is 0 Å². The van der Waals surface area contributed by atoms with Crippen LogP contribution in [0, 0.1) is 0 Å². The summed E-state index contributed by atoms with van der Waals surface area (Å²) in [5, 5.41) is 3.90. The van der Waals surface area contributed by atoms with Gasteiger partial charge < -0.3 is 15.8 Å². The summed E-state index contributed by atoms with van der Waals surface area (Å²) in [6.45, 7) is 2.20. The van der Waals surface area contributed by atoms with E-state index in [1.807, 2.05) is 30.3 Å². The van der Waals surface area contributed by atoms with Crippen LogP contribution in [0.1, 0.15) is 15.9 Å². The zero-order valence-corrected chi connectivity index (χ0v) is 19.6. The molecule has 1 aromatic carbocycles. The molecular weight excluding hydrogens is 485 g/mol. The van der Waals surface area contributed by atoms with Crippen molar-refractivity contribution < 1.29 is 9.53 Å². The molecule has 3 N–H and O–H groups in total. The summed E-state index contributed by atoms with van der Waals surface area (Å²) in [5.41, 5.74) is 7.61. The van der Waals surface area contributed by atoms with Crippen LogP contribution in [0.2, 0.25) is 15.2 Å². The number of nitrogen functional groups attached to an aromatic ring is 1. The summed E-state index contributed by atoms with van der Waals surface area (Å²) in [5.74, 6) is -0.0557. The Morgan fingerprint density at radius 1 is 1.18 bits per heavy atom. The number of benzene rings is 1. The molecule has 3 aromatic rings. The number of hydrogen-bond acceptors (Lipinski definition) is 6. The minimum Gasteiger partial charge on any atom is -0.470 e. The number of hydrogen-bond donors (Lipinski definition) is 2. The van der Waals surface area contributed by atoms with E-state index in [2.05, 4.69) is 26.3 Å². The predicted octanol–water partition coefficient (Wildman–Crippen LogP) is 5.05. The summed E-state index contributed by atoms with van der Waals surface area (Å²) in [6, 6.07) is 12.2. The second kappa shape index (κ2) is 10.4. The van der Waals surface area contributed by atoms with E-state index in [1.54, 1.807) is 6.07 Å². The SMILES string of the molecule is Nc1nc(OC2CN(CC=Cc3ccc(Cl)cc3)C2)c(NC(=O)c2ccnc(Cl)c2)cc1Cl. The number of carbonyl (C=O) groups excluding carboxylic acids is 1. The number of carbonyl (C=O) groups is 1. The molecule has 2 aromatic heterocycles. The predicted molar refractivity (Wildman–Crippen MR) is 132 cm³/mol. The van der Waals surface area contributed by atoms with Crippen LogP contribution in [0.4, 0.5) is 11.5 Å². The zero-order chi connectivity index (χ0) is 23.4. The Morgan fingerprint density at radius 3 is 2.67 bits per heavy atom. The van der Waals surface area contributed by atoms with Crippen LogP contribution >= 0.6 is 34.8 Å². The van der Waals surface area contributed by atoms with Gasteiger partial charge in [-0.25, -0.2) is 4.98 Å². The maximum atomic E-state index is 12.6.